The lowest BCUT2D eigenvalue weighted by Crippen LogP contribution is -2.30. The van der Waals surface area contributed by atoms with Gasteiger partial charge in [0.25, 0.3) is 5.91 Å². The fourth-order valence-electron chi connectivity index (χ4n) is 1.21. The van der Waals surface area contributed by atoms with Crippen molar-refractivity contribution in [3.8, 4) is 11.8 Å². The van der Waals surface area contributed by atoms with Crippen LogP contribution in [0, 0.1) is 11.8 Å². The molecule has 0 saturated heterocycles. The fourth-order valence-corrected chi connectivity index (χ4v) is 1.21. The number of esters is 1. The van der Waals surface area contributed by atoms with E-state index in [1.165, 1.54) is 7.11 Å². The molecule has 0 aromatic heterocycles. The molecule has 0 radical (unpaired) electrons. The number of benzene rings is 1. The maximum atomic E-state index is 11.7. The van der Waals surface area contributed by atoms with Crippen molar-refractivity contribution < 1.29 is 19.4 Å². The molecule has 1 aromatic carbocycles. The zero-order valence-electron chi connectivity index (χ0n) is 9.90. The summed E-state index contributed by atoms with van der Waals surface area (Å²) in [6.45, 7) is -0.416. The van der Waals surface area contributed by atoms with E-state index in [0.717, 1.165) is 0 Å². The zero-order chi connectivity index (χ0) is 13.4. The van der Waals surface area contributed by atoms with E-state index >= 15 is 0 Å². The Balaban J connectivity index is 2.71. The van der Waals surface area contributed by atoms with Crippen LogP contribution in [0.1, 0.15) is 15.9 Å². The van der Waals surface area contributed by atoms with Crippen LogP contribution in [0.25, 0.3) is 0 Å². The molecule has 0 heterocycles. The largest absolute Gasteiger partial charge is 0.468 e. The molecule has 0 spiro atoms. The summed E-state index contributed by atoms with van der Waals surface area (Å²) in [7, 11) is 1.25. The topological polar surface area (TPSA) is 75.6 Å². The van der Waals surface area contributed by atoms with E-state index in [9.17, 15) is 9.59 Å². The first-order valence-corrected chi connectivity index (χ1v) is 5.22. The highest BCUT2D eigenvalue weighted by atomic mass is 16.5. The van der Waals surface area contributed by atoms with Gasteiger partial charge < -0.3 is 15.2 Å². The van der Waals surface area contributed by atoms with Crippen LogP contribution in [-0.2, 0) is 9.53 Å². The molecule has 0 aliphatic carbocycles. The maximum absolute atomic E-state index is 11.7. The number of aliphatic hydroxyl groups excluding tert-OH is 1. The minimum absolute atomic E-state index is 0.179. The van der Waals surface area contributed by atoms with E-state index in [4.69, 9.17) is 5.11 Å². The third-order valence-electron chi connectivity index (χ3n) is 2.06. The highest BCUT2D eigenvalue weighted by Gasteiger charge is 2.07. The summed E-state index contributed by atoms with van der Waals surface area (Å²) in [5, 5.41) is 11.0. The molecule has 2 N–H and O–H groups in total. The number of hydrogen-bond acceptors (Lipinski definition) is 4. The summed E-state index contributed by atoms with van der Waals surface area (Å²) in [6, 6.07) is 6.58. The molecular weight excluding hydrogens is 234 g/mol. The Morgan fingerprint density at radius 1 is 1.44 bits per heavy atom. The number of carbonyl (C=O) groups excluding carboxylic acids is 2. The number of carbonyl (C=O) groups is 2. The lowest BCUT2D eigenvalue weighted by Gasteiger charge is -2.04. The highest BCUT2D eigenvalue weighted by Crippen LogP contribution is 2.03. The molecular formula is C13H13NO4. The normalized spacial score (nSPS) is 9.00. The number of amides is 1. The minimum atomic E-state index is -0.514. The molecule has 1 aromatic rings. The van der Waals surface area contributed by atoms with E-state index in [0.29, 0.717) is 11.1 Å². The van der Waals surface area contributed by atoms with Gasteiger partial charge in [0.15, 0.2) is 0 Å². The van der Waals surface area contributed by atoms with Gasteiger partial charge in [0, 0.05) is 11.1 Å². The highest BCUT2D eigenvalue weighted by molar-refractivity contribution is 5.96. The zero-order valence-corrected chi connectivity index (χ0v) is 9.90. The van der Waals surface area contributed by atoms with Gasteiger partial charge in [-0.25, -0.2) is 0 Å². The van der Waals surface area contributed by atoms with Crippen molar-refractivity contribution in [2.75, 3.05) is 20.3 Å². The van der Waals surface area contributed by atoms with Gasteiger partial charge in [0.05, 0.1) is 7.11 Å². The van der Waals surface area contributed by atoms with Gasteiger partial charge in [0.2, 0.25) is 0 Å². The first-order chi connectivity index (χ1) is 8.67. The van der Waals surface area contributed by atoms with E-state index in [1.807, 2.05) is 0 Å². The van der Waals surface area contributed by atoms with Crippen LogP contribution in [0.15, 0.2) is 24.3 Å². The molecule has 1 amide bonds. The summed E-state index contributed by atoms with van der Waals surface area (Å²) in [6.07, 6.45) is 0. The predicted octanol–water partition coefficient (Wildman–Crippen LogP) is -0.0668. The second-order valence-electron chi connectivity index (χ2n) is 3.30. The minimum Gasteiger partial charge on any atom is -0.468 e. The summed E-state index contributed by atoms with van der Waals surface area (Å²) in [5.41, 5.74) is 1.01. The van der Waals surface area contributed by atoms with Crippen LogP contribution in [0.2, 0.25) is 0 Å². The molecule has 94 valence electrons. The number of methoxy groups -OCH3 is 1. The Morgan fingerprint density at radius 3 is 2.89 bits per heavy atom. The van der Waals surface area contributed by atoms with Gasteiger partial charge >= 0.3 is 5.97 Å². The molecule has 0 atom stereocenters. The molecule has 0 aliphatic heterocycles. The van der Waals surface area contributed by atoms with Gasteiger partial charge in [-0.05, 0) is 18.2 Å². The second-order valence-corrected chi connectivity index (χ2v) is 3.30. The van der Waals surface area contributed by atoms with Gasteiger partial charge in [-0.3, -0.25) is 9.59 Å². The Labute approximate surface area is 105 Å². The third-order valence-corrected chi connectivity index (χ3v) is 2.06. The summed E-state index contributed by atoms with van der Waals surface area (Å²) < 4.78 is 4.41. The molecule has 5 heteroatoms. The molecule has 1 rings (SSSR count). The van der Waals surface area contributed by atoms with Gasteiger partial charge in [-0.1, -0.05) is 17.9 Å². The smallest absolute Gasteiger partial charge is 0.325 e. The van der Waals surface area contributed by atoms with Crippen LogP contribution in [-0.4, -0.2) is 37.2 Å². The molecule has 0 aliphatic rings. The lowest BCUT2D eigenvalue weighted by atomic mass is 10.1. The molecule has 5 nitrogen and oxygen atoms in total. The molecule has 18 heavy (non-hydrogen) atoms. The number of ether oxygens (including phenoxy) is 1. The van der Waals surface area contributed by atoms with Gasteiger partial charge in [0.1, 0.15) is 13.2 Å². The van der Waals surface area contributed by atoms with E-state index < -0.39 is 5.97 Å². The van der Waals surface area contributed by atoms with Crippen molar-refractivity contribution in [3.05, 3.63) is 35.4 Å². The molecule has 0 unspecified atom stereocenters. The Kier molecular flexibility index (Phi) is 5.42. The first kappa shape index (κ1) is 13.7. The van der Waals surface area contributed by atoms with E-state index in [1.54, 1.807) is 24.3 Å². The van der Waals surface area contributed by atoms with Crippen LogP contribution in [0.4, 0.5) is 0 Å². The Hall–Kier alpha value is -2.32. The molecule has 0 bridgehead atoms. The lowest BCUT2D eigenvalue weighted by molar-refractivity contribution is -0.139. The Bertz CT molecular complexity index is 499. The summed E-state index contributed by atoms with van der Waals surface area (Å²) in [5.74, 6) is 4.29. The maximum Gasteiger partial charge on any atom is 0.325 e. The monoisotopic (exact) mass is 247 g/mol. The van der Waals surface area contributed by atoms with Gasteiger partial charge in [-0.15, -0.1) is 0 Å². The number of hydrogen-bond donors (Lipinski definition) is 2. The molecule has 0 fully saturated rings. The quantitative estimate of drug-likeness (QED) is 0.579. The van der Waals surface area contributed by atoms with Crippen molar-refractivity contribution in [1.82, 2.24) is 5.32 Å². The number of rotatable bonds is 3. The number of nitrogens with one attached hydrogen (secondary N) is 1. The number of aliphatic hydroxyl groups is 1. The SMILES string of the molecule is COC(=O)CNC(=O)c1cccc(C#CCO)c1. The van der Waals surface area contributed by atoms with Crippen molar-refractivity contribution in [2.24, 2.45) is 0 Å². The summed E-state index contributed by atoms with van der Waals surface area (Å²) in [4.78, 5) is 22.5. The second kappa shape index (κ2) is 7.09. The Morgan fingerprint density at radius 2 is 2.22 bits per heavy atom. The average molecular weight is 247 g/mol. The van der Waals surface area contributed by atoms with Crippen LogP contribution < -0.4 is 5.32 Å². The standard InChI is InChI=1S/C13H13NO4/c1-18-12(16)9-14-13(17)11-6-2-4-10(8-11)5-3-7-15/h2,4,6,8,15H,7,9H2,1H3,(H,14,17). The van der Waals surface area contributed by atoms with Crippen LogP contribution in [0.5, 0.6) is 0 Å². The van der Waals surface area contributed by atoms with E-state index in [-0.39, 0.29) is 19.1 Å². The molecule has 0 saturated carbocycles. The van der Waals surface area contributed by atoms with Crippen LogP contribution >= 0.6 is 0 Å². The van der Waals surface area contributed by atoms with Crippen molar-refractivity contribution in [2.45, 2.75) is 0 Å². The van der Waals surface area contributed by atoms with E-state index in [2.05, 4.69) is 21.9 Å². The fraction of sp³-hybridized carbons (Fsp3) is 0.231. The van der Waals surface area contributed by atoms with Gasteiger partial charge in [-0.2, -0.15) is 0 Å². The van der Waals surface area contributed by atoms with Crippen molar-refractivity contribution in [1.29, 1.82) is 0 Å². The summed E-state index contributed by atoms with van der Waals surface area (Å²) >= 11 is 0. The van der Waals surface area contributed by atoms with Crippen molar-refractivity contribution in [3.63, 3.8) is 0 Å². The first-order valence-electron chi connectivity index (χ1n) is 5.22. The average Bonchev–Trinajstić information content (AvgIpc) is 2.42. The third kappa shape index (κ3) is 4.28. The van der Waals surface area contributed by atoms with Crippen LogP contribution in [0.3, 0.4) is 0 Å². The van der Waals surface area contributed by atoms with Crippen molar-refractivity contribution >= 4 is 11.9 Å². The predicted molar refractivity (Wildman–Crippen MR) is 64.8 cm³/mol.